The lowest BCUT2D eigenvalue weighted by Gasteiger charge is -2.49. The number of thiocarbonyl (C=S) groups is 1. The average molecular weight is 948 g/mol. The summed E-state index contributed by atoms with van der Waals surface area (Å²) >= 11 is 5.28. The van der Waals surface area contributed by atoms with Crippen molar-refractivity contribution in [3.8, 4) is 0 Å². The van der Waals surface area contributed by atoms with E-state index in [4.69, 9.17) is 40.6 Å². The van der Waals surface area contributed by atoms with E-state index in [1.807, 2.05) is 0 Å². The monoisotopic (exact) mass is 947 g/mol. The van der Waals surface area contributed by atoms with Crippen molar-refractivity contribution >= 4 is 56.0 Å². The predicted molar refractivity (Wildman–Crippen MR) is 201 cm³/mol. The van der Waals surface area contributed by atoms with Crippen LogP contribution < -0.4 is 26.6 Å². The number of hydrogen-bond acceptors (Lipinski definition) is 22. The molecular formula is C30H53N5O23S3. The smallest absolute Gasteiger partial charge is 0.407 e. The summed E-state index contributed by atoms with van der Waals surface area (Å²) in [5.41, 5.74) is -0.774. The highest BCUT2D eigenvalue weighted by molar-refractivity contribution is 7.81. The normalized spacial score (nSPS) is 34.7. The molecule has 0 aromatic rings. The zero-order chi connectivity index (χ0) is 46.2. The van der Waals surface area contributed by atoms with Crippen LogP contribution in [0.25, 0.3) is 0 Å². The van der Waals surface area contributed by atoms with Crippen molar-refractivity contribution in [3.05, 3.63) is 0 Å². The maximum absolute atomic E-state index is 12.3. The Morgan fingerprint density at radius 1 is 0.656 bits per heavy atom. The Hall–Kier alpha value is -2.80. The van der Waals surface area contributed by atoms with Gasteiger partial charge in [0.15, 0.2) is 23.9 Å². The van der Waals surface area contributed by atoms with Gasteiger partial charge in [0.25, 0.3) is 0 Å². The summed E-state index contributed by atoms with van der Waals surface area (Å²) < 4.78 is 107. The Bertz CT molecular complexity index is 1720. The quantitative estimate of drug-likeness (QED) is 0.0366. The Labute approximate surface area is 354 Å². The number of nitrogens with one attached hydrogen (secondary N) is 5. The van der Waals surface area contributed by atoms with Gasteiger partial charge in [-0.3, -0.25) is 18.7 Å². The third-order valence-corrected chi connectivity index (χ3v) is 9.81. The van der Waals surface area contributed by atoms with Crippen molar-refractivity contribution in [2.45, 2.75) is 132 Å². The van der Waals surface area contributed by atoms with E-state index in [1.54, 1.807) is 20.8 Å². The molecule has 0 spiro atoms. The lowest BCUT2D eigenvalue weighted by Crippen LogP contribution is -2.71. The molecule has 31 heteroatoms. The highest BCUT2D eigenvalue weighted by Gasteiger charge is 2.55. The number of amides is 3. The fraction of sp³-hybridized carbons (Fsp3) is 0.867. The van der Waals surface area contributed by atoms with Gasteiger partial charge in [0.1, 0.15) is 78.7 Å². The molecule has 0 aromatic carbocycles. The van der Waals surface area contributed by atoms with E-state index in [2.05, 4.69) is 35.0 Å². The first-order valence-corrected chi connectivity index (χ1v) is 21.3. The molecule has 3 saturated heterocycles. The van der Waals surface area contributed by atoms with Crippen LogP contribution in [0.2, 0.25) is 0 Å². The second-order valence-electron chi connectivity index (χ2n) is 14.7. The molecule has 3 aliphatic rings. The minimum Gasteiger partial charge on any atom is -0.444 e. The standard InChI is InChI=1S/C30H53N5O23S3/c1-11(37)33-16-21(42)23(15(10-52-61(48,49)50)53-25(16)35-28(59)31-6-7-32-29(44)58-30(3,4)5)56-27-22(43)24(19(40)14(55-27)9-51-60(45,46)47)57-26-17(34-12(2)38)20(41)18(39)13(8-36)54-26/h13-27,36,39-43H,6-10H2,1-5H3,(H,32,44)(H,33,37)(H,34,38)(H2,31,35,59)(H,45,46,47)(H,48,49,50)/t13-,14-,15-,16-,17-,18-,19+,20-,21-,22-,23-,24+,25-,26+,27+/m1/s1. The van der Waals surface area contributed by atoms with Crippen LogP contribution in [0.4, 0.5) is 4.79 Å². The minimum atomic E-state index is -5.23. The molecule has 3 fully saturated rings. The molecule has 15 atom stereocenters. The Morgan fingerprint density at radius 3 is 1.72 bits per heavy atom. The van der Waals surface area contributed by atoms with Crippen molar-refractivity contribution in [3.63, 3.8) is 0 Å². The van der Waals surface area contributed by atoms with Gasteiger partial charge in [0.2, 0.25) is 11.8 Å². The molecule has 28 nitrogen and oxygen atoms in total. The van der Waals surface area contributed by atoms with Crippen molar-refractivity contribution in [2.24, 2.45) is 0 Å². The number of ether oxygens (including phenoxy) is 6. The number of aliphatic hydroxyl groups excluding tert-OH is 6. The number of carbonyl (C=O) groups is 3. The number of rotatable bonds is 17. The summed E-state index contributed by atoms with van der Waals surface area (Å²) in [6.07, 6.45) is -25.9. The highest BCUT2D eigenvalue weighted by Crippen LogP contribution is 2.33. The maximum atomic E-state index is 12.3. The van der Waals surface area contributed by atoms with E-state index in [0.29, 0.717) is 0 Å². The molecular weight excluding hydrogens is 895 g/mol. The molecule has 0 aromatic heterocycles. The fourth-order valence-electron chi connectivity index (χ4n) is 6.13. The SMILES string of the molecule is CC(=O)N[C@@H]1[C@@H](O)[C@H](O[C@@H]2O[C@H](COS(=O)(=O)O)[C@H](O)[C@H](O[C@@H]3O[C@H](CO)[C@@H](O)[C@H](O)[C@H]3NC(C)=O)[C@H]2O)[C@@H](COS(=O)(=O)O)O[C@H]1NC(=S)NCCNC(=O)OC(C)(C)C. The van der Waals surface area contributed by atoms with E-state index in [0.717, 1.165) is 13.8 Å². The van der Waals surface area contributed by atoms with Gasteiger partial charge in [-0.15, -0.1) is 0 Å². The Kier molecular flexibility index (Phi) is 19.1. The Morgan fingerprint density at radius 2 is 1.18 bits per heavy atom. The molecule has 61 heavy (non-hydrogen) atoms. The molecule has 0 saturated carbocycles. The predicted octanol–water partition coefficient (Wildman–Crippen LogP) is -6.63. The summed E-state index contributed by atoms with van der Waals surface area (Å²) in [5.74, 6) is -1.56. The van der Waals surface area contributed by atoms with Crippen LogP contribution in [-0.2, 0) is 67.2 Å². The van der Waals surface area contributed by atoms with Gasteiger partial charge in [-0.2, -0.15) is 16.8 Å². The molecule has 0 aliphatic carbocycles. The molecule has 0 radical (unpaired) electrons. The van der Waals surface area contributed by atoms with Gasteiger partial charge in [-0.25, -0.2) is 13.2 Å². The van der Waals surface area contributed by atoms with Gasteiger partial charge in [0.05, 0.1) is 19.8 Å². The molecule has 3 rings (SSSR count). The van der Waals surface area contributed by atoms with Gasteiger partial charge >= 0.3 is 26.9 Å². The van der Waals surface area contributed by atoms with Gasteiger partial charge in [0, 0.05) is 26.9 Å². The van der Waals surface area contributed by atoms with E-state index >= 15 is 0 Å². The van der Waals surface area contributed by atoms with Gasteiger partial charge in [-0.1, -0.05) is 0 Å². The van der Waals surface area contributed by atoms with E-state index in [9.17, 15) is 71.0 Å². The van der Waals surface area contributed by atoms with Crippen LogP contribution in [0, 0.1) is 0 Å². The van der Waals surface area contributed by atoms with Gasteiger partial charge < -0.3 is 85.6 Å². The highest BCUT2D eigenvalue weighted by atomic mass is 32.3. The molecule has 0 unspecified atom stereocenters. The maximum Gasteiger partial charge on any atom is 0.407 e. The van der Waals surface area contributed by atoms with Crippen LogP contribution in [0.1, 0.15) is 34.6 Å². The summed E-state index contributed by atoms with van der Waals surface area (Å²) in [6.45, 7) is 3.74. The van der Waals surface area contributed by atoms with Crippen molar-refractivity contribution < 1.29 is 108 Å². The molecule has 13 N–H and O–H groups in total. The number of hydrogen-bond donors (Lipinski definition) is 13. The summed E-state index contributed by atoms with van der Waals surface area (Å²) in [5, 5.41) is 77.7. The minimum absolute atomic E-state index is 0.00169. The zero-order valence-electron chi connectivity index (χ0n) is 33.1. The van der Waals surface area contributed by atoms with Crippen molar-refractivity contribution in [1.29, 1.82) is 0 Å². The van der Waals surface area contributed by atoms with Gasteiger partial charge in [-0.05, 0) is 33.0 Å². The van der Waals surface area contributed by atoms with Crippen molar-refractivity contribution in [1.82, 2.24) is 26.6 Å². The second-order valence-corrected chi connectivity index (χ2v) is 17.3. The van der Waals surface area contributed by atoms with Crippen molar-refractivity contribution in [2.75, 3.05) is 32.9 Å². The molecule has 3 amide bonds. The first-order chi connectivity index (χ1) is 28.1. The number of carbonyl (C=O) groups excluding carboxylic acids is 3. The van der Waals surface area contributed by atoms with Crippen LogP contribution >= 0.6 is 12.2 Å². The first kappa shape index (κ1) is 52.5. The second kappa shape index (κ2) is 22.2. The fourth-order valence-corrected chi connectivity index (χ4v) is 6.96. The zero-order valence-corrected chi connectivity index (χ0v) is 35.6. The van der Waals surface area contributed by atoms with Crippen LogP contribution in [-0.4, -0.2) is 210 Å². The largest absolute Gasteiger partial charge is 0.444 e. The number of aliphatic hydroxyl groups is 6. The molecule has 354 valence electrons. The Balaban J connectivity index is 1.94. The first-order valence-electron chi connectivity index (χ1n) is 18.2. The van der Waals surface area contributed by atoms with Crippen LogP contribution in [0.15, 0.2) is 0 Å². The lowest BCUT2D eigenvalue weighted by atomic mass is 9.94. The lowest BCUT2D eigenvalue weighted by molar-refractivity contribution is -0.363. The molecule has 3 heterocycles. The topological polar surface area (TPSA) is 415 Å². The van der Waals surface area contributed by atoms with E-state index < -0.39 is 156 Å². The molecule has 0 bridgehead atoms. The van der Waals surface area contributed by atoms with E-state index in [-0.39, 0.29) is 18.2 Å². The molecule has 3 aliphatic heterocycles. The third-order valence-electron chi connectivity index (χ3n) is 8.68. The van der Waals surface area contributed by atoms with E-state index in [1.165, 1.54) is 0 Å². The summed E-state index contributed by atoms with van der Waals surface area (Å²) in [7, 11) is -10.5. The summed E-state index contributed by atoms with van der Waals surface area (Å²) in [4.78, 5) is 36.3. The third kappa shape index (κ3) is 16.4. The average Bonchev–Trinajstić information content (AvgIpc) is 3.12. The van der Waals surface area contributed by atoms with Crippen LogP contribution in [0.3, 0.4) is 0 Å². The number of alkyl carbamates (subject to hydrolysis) is 1. The summed E-state index contributed by atoms with van der Waals surface area (Å²) in [6, 6.07) is -3.22. The van der Waals surface area contributed by atoms with Crippen LogP contribution in [0.5, 0.6) is 0 Å².